The highest BCUT2D eigenvalue weighted by Crippen LogP contribution is 2.27. The van der Waals surface area contributed by atoms with Crippen LogP contribution in [-0.2, 0) is 4.79 Å². The molecule has 0 aliphatic carbocycles. The first kappa shape index (κ1) is 15.7. The fourth-order valence-corrected chi connectivity index (χ4v) is 3.07. The van der Waals surface area contributed by atoms with Crippen molar-refractivity contribution in [2.24, 2.45) is 0 Å². The number of hydrogen-bond acceptors (Lipinski definition) is 5. The fraction of sp³-hybridized carbons (Fsp3) is 0.562. The molecule has 2 N–H and O–H groups in total. The second-order valence-electron chi connectivity index (χ2n) is 6.30. The number of aromatic amines is 1. The third-order valence-corrected chi connectivity index (χ3v) is 4.40. The summed E-state index contributed by atoms with van der Waals surface area (Å²) in [6.07, 6.45) is 2.18. The van der Waals surface area contributed by atoms with E-state index in [9.17, 15) is 4.79 Å². The number of amides is 1. The van der Waals surface area contributed by atoms with Gasteiger partial charge in [-0.3, -0.25) is 14.8 Å². The van der Waals surface area contributed by atoms with E-state index in [0.717, 1.165) is 37.3 Å². The number of aryl methyl sites for hydroxylation is 2. The van der Waals surface area contributed by atoms with Crippen molar-refractivity contribution in [1.29, 1.82) is 0 Å². The van der Waals surface area contributed by atoms with Crippen LogP contribution in [0.25, 0.3) is 0 Å². The second-order valence-corrected chi connectivity index (χ2v) is 6.30. The van der Waals surface area contributed by atoms with Gasteiger partial charge in [-0.25, -0.2) is 0 Å². The van der Waals surface area contributed by atoms with Crippen molar-refractivity contribution in [2.75, 3.05) is 18.4 Å². The maximum absolute atomic E-state index is 12.4. The first-order valence-corrected chi connectivity index (χ1v) is 8.03. The number of H-pyrrole nitrogens is 1. The molecule has 0 radical (unpaired) electrons. The molecule has 1 saturated heterocycles. The second kappa shape index (κ2) is 6.54. The fourth-order valence-electron chi connectivity index (χ4n) is 3.07. The summed E-state index contributed by atoms with van der Waals surface area (Å²) in [5.41, 5.74) is 2.16. The lowest BCUT2D eigenvalue weighted by molar-refractivity contribution is -0.121. The monoisotopic (exact) mass is 317 g/mol. The predicted octanol–water partition coefficient (Wildman–Crippen LogP) is 2.22. The molecule has 3 heterocycles. The molecule has 3 rings (SSSR count). The minimum atomic E-state index is -0.213. The zero-order valence-corrected chi connectivity index (χ0v) is 13.8. The molecule has 1 fully saturated rings. The van der Waals surface area contributed by atoms with E-state index in [2.05, 4.69) is 31.6 Å². The molecule has 124 valence electrons. The summed E-state index contributed by atoms with van der Waals surface area (Å²) in [4.78, 5) is 14.6. The van der Waals surface area contributed by atoms with Crippen molar-refractivity contribution in [3.05, 3.63) is 29.3 Å². The van der Waals surface area contributed by atoms with Gasteiger partial charge in [0.2, 0.25) is 5.91 Å². The van der Waals surface area contributed by atoms with Crippen molar-refractivity contribution in [3.63, 3.8) is 0 Å². The Morgan fingerprint density at radius 1 is 1.48 bits per heavy atom. The Labute approximate surface area is 135 Å². The van der Waals surface area contributed by atoms with Gasteiger partial charge in [-0.15, -0.1) is 0 Å². The van der Waals surface area contributed by atoms with Crippen LogP contribution in [0.1, 0.15) is 42.8 Å². The standard InChI is InChI=1S/C16H23N5O2/c1-10-7-14(19-18-10)13-5-4-6-21(9-13)12(3)16(22)17-15-8-11(2)23-20-15/h7-8,12-13H,4-6,9H2,1-3H3,(H,18,19)(H,17,20,22)/t12-,13+/m0/s1. The Bertz CT molecular complexity index is 678. The van der Waals surface area contributed by atoms with Gasteiger partial charge in [0.05, 0.1) is 11.7 Å². The first-order valence-electron chi connectivity index (χ1n) is 8.03. The van der Waals surface area contributed by atoms with Crippen molar-refractivity contribution in [1.82, 2.24) is 20.3 Å². The molecular formula is C16H23N5O2. The molecule has 0 aromatic carbocycles. The molecule has 0 saturated carbocycles. The topological polar surface area (TPSA) is 87.1 Å². The van der Waals surface area contributed by atoms with Crippen molar-refractivity contribution < 1.29 is 9.32 Å². The molecule has 2 atom stereocenters. The minimum absolute atomic E-state index is 0.0582. The number of anilines is 1. The number of nitrogens with one attached hydrogen (secondary N) is 2. The van der Waals surface area contributed by atoms with Gasteiger partial charge in [0.15, 0.2) is 5.82 Å². The number of rotatable bonds is 4. The van der Waals surface area contributed by atoms with E-state index in [1.54, 1.807) is 13.0 Å². The van der Waals surface area contributed by atoms with Gasteiger partial charge in [0, 0.05) is 24.2 Å². The SMILES string of the molecule is Cc1cc([C@@H]2CCCN([C@@H](C)C(=O)Nc3cc(C)on3)C2)n[nH]1. The maximum atomic E-state index is 12.4. The van der Waals surface area contributed by atoms with Crippen LogP contribution in [0.2, 0.25) is 0 Å². The molecule has 0 unspecified atom stereocenters. The summed E-state index contributed by atoms with van der Waals surface area (Å²) in [7, 11) is 0. The summed E-state index contributed by atoms with van der Waals surface area (Å²) in [5, 5.41) is 14.0. The predicted molar refractivity (Wildman–Crippen MR) is 86.2 cm³/mol. The number of piperidine rings is 1. The molecular weight excluding hydrogens is 294 g/mol. The number of hydrogen-bond donors (Lipinski definition) is 2. The Hall–Kier alpha value is -2.15. The highest BCUT2D eigenvalue weighted by molar-refractivity contribution is 5.93. The summed E-state index contributed by atoms with van der Waals surface area (Å²) in [6.45, 7) is 7.50. The van der Waals surface area contributed by atoms with E-state index in [1.807, 2.05) is 13.8 Å². The average molecular weight is 317 g/mol. The van der Waals surface area contributed by atoms with E-state index < -0.39 is 0 Å². The van der Waals surface area contributed by atoms with Crippen LogP contribution in [-0.4, -0.2) is 45.3 Å². The highest BCUT2D eigenvalue weighted by atomic mass is 16.5. The highest BCUT2D eigenvalue weighted by Gasteiger charge is 2.29. The Morgan fingerprint density at radius 2 is 2.30 bits per heavy atom. The van der Waals surface area contributed by atoms with Gasteiger partial charge in [0.25, 0.3) is 0 Å². The average Bonchev–Trinajstić information content (AvgIpc) is 3.15. The lowest BCUT2D eigenvalue weighted by atomic mass is 9.93. The molecule has 1 aliphatic rings. The van der Waals surface area contributed by atoms with Crippen LogP contribution in [0, 0.1) is 13.8 Å². The largest absolute Gasteiger partial charge is 0.360 e. The third kappa shape index (κ3) is 3.61. The Morgan fingerprint density at radius 3 is 2.96 bits per heavy atom. The van der Waals surface area contributed by atoms with Gasteiger partial charge >= 0.3 is 0 Å². The van der Waals surface area contributed by atoms with Crippen LogP contribution in [0.5, 0.6) is 0 Å². The molecule has 1 aliphatic heterocycles. The Kier molecular flexibility index (Phi) is 4.47. The van der Waals surface area contributed by atoms with Gasteiger partial charge in [0.1, 0.15) is 5.76 Å². The maximum Gasteiger partial charge on any atom is 0.242 e. The van der Waals surface area contributed by atoms with E-state index in [1.165, 1.54) is 0 Å². The van der Waals surface area contributed by atoms with Gasteiger partial charge in [-0.1, -0.05) is 5.16 Å². The zero-order valence-electron chi connectivity index (χ0n) is 13.8. The van der Waals surface area contributed by atoms with Crippen LogP contribution < -0.4 is 5.32 Å². The van der Waals surface area contributed by atoms with Gasteiger partial charge in [-0.05, 0) is 46.2 Å². The number of aromatic nitrogens is 3. The van der Waals surface area contributed by atoms with E-state index in [4.69, 9.17) is 4.52 Å². The quantitative estimate of drug-likeness (QED) is 0.903. The minimum Gasteiger partial charge on any atom is -0.360 e. The molecule has 7 heteroatoms. The Balaban J connectivity index is 1.62. The molecule has 23 heavy (non-hydrogen) atoms. The lowest BCUT2D eigenvalue weighted by Gasteiger charge is -2.35. The molecule has 2 aromatic rings. The molecule has 1 amide bonds. The first-order chi connectivity index (χ1) is 11.0. The van der Waals surface area contributed by atoms with Gasteiger partial charge < -0.3 is 9.84 Å². The molecule has 2 aromatic heterocycles. The van der Waals surface area contributed by atoms with Crippen molar-refractivity contribution >= 4 is 11.7 Å². The normalized spacial score (nSPS) is 20.4. The summed E-state index contributed by atoms with van der Waals surface area (Å²) in [6, 6.07) is 3.60. The van der Waals surface area contributed by atoms with Crippen LogP contribution in [0.3, 0.4) is 0 Å². The smallest absolute Gasteiger partial charge is 0.242 e. The summed E-state index contributed by atoms with van der Waals surface area (Å²) in [5.74, 6) is 1.46. The number of nitrogens with zero attached hydrogens (tertiary/aromatic N) is 3. The zero-order chi connectivity index (χ0) is 16.4. The van der Waals surface area contributed by atoms with E-state index >= 15 is 0 Å². The lowest BCUT2D eigenvalue weighted by Crippen LogP contribution is -2.46. The molecule has 0 bridgehead atoms. The summed E-state index contributed by atoms with van der Waals surface area (Å²) >= 11 is 0. The van der Waals surface area contributed by atoms with E-state index in [0.29, 0.717) is 17.5 Å². The van der Waals surface area contributed by atoms with Crippen molar-refractivity contribution in [2.45, 2.75) is 45.6 Å². The number of likely N-dealkylation sites (tertiary alicyclic amines) is 1. The van der Waals surface area contributed by atoms with Crippen LogP contribution >= 0.6 is 0 Å². The number of carbonyl (C=O) groups excluding carboxylic acids is 1. The third-order valence-electron chi connectivity index (χ3n) is 4.40. The summed E-state index contributed by atoms with van der Waals surface area (Å²) < 4.78 is 4.98. The van der Waals surface area contributed by atoms with Gasteiger partial charge in [-0.2, -0.15) is 5.10 Å². The molecule has 0 spiro atoms. The van der Waals surface area contributed by atoms with Crippen LogP contribution in [0.4, 0.5) is 5.82 Å². The molecule has 7 nitrogen and oxygen atoms in total. The number of carbonyl (C=O) groups is 1. The van der Waals surface area contributed by atoms with Crippen molar-refractivity contribution in [3.8, 4) is 0 Å². The van der Waals surface area contributed by atoms with Crippen LogP contribution in [0.15, 0.2) is 16.7 Å². The van der Waals surface area contributed by atoms with E-state index in [-0.39, 0.29) is 11.9 Å².